The Labute approximate surface area is 128 Å². The van der Waals surface area contributed by atoms with Gasteiger partial charge in [-0.3, -0.25) is 4.79 Å². The maximum absolute atomic E-state index is 13.9. The highest BCUT2D eigenvalue weighted by molar-refractivity contribution is 6.30. The number of likely N-dealkylation sites (tertiary alicyclic amines) is 1. The summed E-state index contributed by atoms with van der Waals surface area (Å²) in [6.07, 6.45) is 2.69. The van der Waals surface area contributed by atoms with Gasteiger partial charge in [-0.15, -0.1) is 0 Å². The Morgan fingerprint density at radius 2 is 2.14 bits per heavy atom. The van der Waals surface area contributed by atoms with Gasteiger partial charge in [0.2, 0.25) is 0 Å². The fourth-order valence-corrected chi connectivity index (χ4v) is 2.99. The van der Waals surface area contributed by atoms with Gasteiger partial charge < -0.3 is 10.6 Å². The minimum atomic E-state index is -0.806. The number of benzene rings is 1. The van der Waals surface area contributed by atoms with E-state index >= 15 is 0 Å². The molecule has 0 saturated carbocycles. The summed E-state index contributed by atoms with van der Waals surface area (Å²) < 4.78 is 27.4. The smallest absolute Gasteiger partial charge is 0.257 e. The summed E-state index contributed by atoms with van der Waals surface area (Å²) in [5, 5.41) is -0.330. The summed E-state index contributed by atoms with van der Waals surface area (Å²) in [4.78, 5) is 14.0. The Morgan fingerprint density at radius 1 is 1.43 bits per heavy atom. The molecular formula is C15H19ClF2N2O. The van der Waals surface area contributed by atoms with Gasteiger partial charge in [-0.2, -0.15) is 0 Å². The van der Waals surface area contributed by atoms with Gasteiger partial charge in [-0.1, -0.05) is 24.9 Å². The number of hydrogen-bond acceptors (Lipinski definition) is 2. The second-order valence-electron chi connectivity index (χ2n) is 5.43. The minimum absolute atomic E-state index is 0.130. The average Bonchev–Trinajstić information content (AvgIpc) is 2.49. The first kappa shape index (κ1) is 16.2. The van der Waals surface area contributed by atoms with Gasteiger partial charge in [0.25, 0.3) is 5.91 Å². The lowest BCUT2D eigenvalue weighted by molar-refractivity contribution is 0.0553. The molecule has 2 N–H and O–H groups in total. The van der Waals surface area contributed by atoms with Crippen LogP contribution in [-0.2, 0) is 0 Å². The minimum Gasteiger partial charge on any atom is -0.334 e. The number of carbonyl (C=O) groups is 1. The van der Waals surface area contributed by atoms with E-state index in [2.05, 4.69) is 6.92 Å². The lowest BCUT2D eigenvalue weighted by Gasteiger charge is -2.39. The fraction of sp³-hybridized carbons (Fsp3) is 0.533. The molecule has 1 fully saturated rings. The topological polar surface area (TPSA) is 46.3 Å². The van der Waals surface area contributed by atoms with Crippen molar-refractivity contribution in [2.24, 2.45) is 11.7 Å². The van der Waals surface area contributed by atoms with E-state index in [1.54, 1.807) is 4.90 Å². The van der Waals surface area contributed by atoms with Gasteiger partial charge >= 0.3 is 0 Å². The molecule has 1 aromatic rings. The largest absolute Gasteiger partial charge is 0.334 e. The standard InChI is InChI=1S/C15H19ClF2N2O/c1-2-9-3-4-20(10(5-9)8-19)15(21)11-6-14(18)12(16)7-13(11)17/h6-7,9-10H,2-5,8,19H2,1H3. The van der Waals surface area contributed by atoms with Crippen molar-refractivity contribution in [1.82, 2.24) is 4.90 Å². The molecule has 0 spiro atoms. The Balaban J connectivity index is 2.25. The molecule has 1 aliphatic rings. The lowest BCUT2D eigenvalue weighted by Crippen LogP contribution is -2.49. The zero-order valence-electron chi connectivity index (χ0n) is 11.9. The van der Waals surface area contributed by atoms with E-state index in [-0.39, 0.29) is 16.6 Å². The molecule has 3 nitrogen and oxygen atoms in total. The lowest BCUT2D eigenvalue weighted by atomic mass is 9.88. The number of nitrogens with two attached hydrogens (primary N) is 1. The highest BCUT2D eigenvalue weighted by Crippen LogP contribution is 2.28. The van der Waals surface area contributed by atoms with Crippen molar-refractivity contribution in [2.45, 2.75) is 32.2 Å². The van der Waals surface area contributed by atoms with E-state index in [9.17, 15) is 13.6 Å². The van der Waals surface area contributed by atoms with E-state index in [0.717, 1.165) is 31.4 Å². The van der Waals surface area contributed by atoms with Gasteiger partial charge in [-0.05, 0) is 30.9 Å². The first-order chi connectivity index (χ1) is 9.97. The predicted octanol–water partition coefficient (Wildman–Crippen LogP) is 3.21. The predicted molar refractivity (Wildman–Crippen MR) is 78.3 cm³/mol. The molecule has 1 aliphatic heterocycles. The zero-order valence-corrected chi connectivity index (χ0v) is 12.7. The van der Waals surface area contributed by atoms with Crippen molar-refractivity contribution in [1.29, 1.82) is 0 Å². The first-order valence-electron chi connectivity index (χ1n) is 7.13. The normalized spacial score (nSPS) is 22.4. The van der Waals surface area contributed by atoms with Crippen molar-refractivity contribution in [3.8, 4) is 0 Å². The third kappa shape index (κ3) is 3.35. The molecular weight excluding hydrogens is 298 g/mol. The molecule has 2 rings (SSSR count). The first-order valence-corrected chi connectivity index (χ1v) is 7.51. The van der Waals surface area contributed by atoms with Crippen molar-refractivity contribution in [3.05, 3.63) is 34.4 Å². The molecule has 0 radical (unpaired) electrons. The van der Waals surface area contributed by atoms with Gasteiger partial charge in [-0.25, -0.2) is 8.78 Å². The van der Waals surface area contributed by atoms with Crippen LogP contribution in [-0.4, -0.2) is 29.9 Å². The number of amides is 1. The summed E-state index contributed by atoms with van der Waals surface area (Å²) >= 11 is 5.51. The molecule has 2 unspecified atom stereocenters. The monoisotopic (exact) mass is 316 g/mol. The van der Waals surface area contributed by atoms with Crippen LogP contribution in [0.2, 0.25) is 5.02 Å². The van der Waals surface area contributed by atoms with Crippen LogP contribution in [0.5, 0.6) is 0 Å². The summed E-state index contributed by atoms with van der Waals surface area (Å²) in [7, 11) is 0. The Hall–Kier alpha value is -1.20. The van der Waals surface area contributed by atoms with E-state index in [1.165, 1.54) is 0 Å². The summed E-state index contributed by atoms with van der Waals surface area (Å²) in [6.45, 7) is 2.94. The third-order valence-corrected chi connectivity index (χ3v) is 4.46. The van der Waals surface area contributed by atoms with Crippen LogP contribution in [0.3, 0.4) is 0 Å². The van der Waals surface area contributed by atoms with Crippen LogP contribution in [0.25, 0.3) is 0 Å². The number of carbonyl (C=O) groups excluding carboxylic acids is 1. The number of piperidine rings is 1. The van der Waals surface area contributed by atoms with Gasteiger partial charge in [0.15, 0.2) is 0 Å². The zero-order chi connectivity index (χ0) is 15.6. The van der Waals surface area contributed by atoms with E-state index < -0.39 is 17.5 Å². The van der Waals surface area contributed by atoms with Crippen molar-refractivity contribution in [2.75, 3.05) is 13.1 Å². The molecule has 0 bridgehead atoms. The van der Waals surface area contributed by atoms with Gasteiger partial charge in [0.1, 0.15) is 11.6 Å². The van der Waals surface area contributed by atoms with Gasteiger partial charge in [0.05, 0.1) is 10.6 Å². The number of hydrogen-bond donors (Lipinski definition) is 1. The van der Waals surface area contributed by atoms with Gasteiger partial charge in [0, 0.05) is 19.1 Å². The molecule has 21 heavy (non-hydrogen) atoms. The van der Waals surface area contributed by atoms with E-state index in [0.29, 0.717) is 19.0 Å². The molecule has 116 valence electrons. The van der Waals surface area contributed by atoms with Crippen LogP contribution in [0, 0.1) is 17.6 Å². The Morgan fingerprint density at radius 3 is 2.76 bits per heavy atom. The van der Waals surface area contributed by atoms with Crippen LogP contribution >= 0.6 is 11.6 Å². The highest BCUT2D eigenvalue weighted by Gasteiger charge is 2.32. The highest BCUT2D eigenvalue weighted by atomic mass is 35.5. The van der Waals surface area contributed by atoms with Crippen LogP contribution in [0.15, 0.2) is 12.1 Å². The SMILES string of the molecule is CCC1CCN(C(=O)c2cc(F)c(Cl)cc2F)C(CN)C1. The maximum Gasteiger partial charge on any atom is 0.257 e. The van der Waals surface area contributed by atoms with E-state index in [4.69, 9.17) is 17.3 Å². The number of nitrogens with zero attached hydrogens (tertiary/aromatic N) is 1. The fourth-order valence-electron chi connectivity index (χ4n) is 2.84. The van der Waals surface area contributed by atoms with Crippen LogP contribution < -0.4 is 5.73 Å². The number of halogens is 3. The quantitative estimate of drug-likeness (QED) is 0.870. The summed E-state index contributed by atoms with van der Waals surface area (Å²) in [5.41, 5.74) is 5.45. The molecule has 0 aromatic heterocycles. The second kappa shape index (κ2) is 6.71. The van der Waals surface area contributed by atoms with Crippen molar-refractivity contribution >= 4 is 17.5 Å². The maximum atomic E-state index is 13.9. The molecule has 6 heteroatoms. The Kier molecular flexibility index (Phi) is 5.17. The van der Waals surface area contributed by atoms with E-state index in [1.807, 2.05) is 0 Å². The average molecular weight is 317 g/mol. The van der Waals surface area contributed by atoms with Crippen LogP contribution in [0.1, 0.15) is 36.5 Å². The molecule has 1 saturated heterocycles. The molecule has 1 aromatic carbocycles. The van der Waals surface area contributed by atoms with Crippen LogP contribution in [0.4, 0.5) is 8.78 Å². The molecule has 2 atom stereocenters. The summed E-state index contributed by atoms with van der Waals surface area (Å²) in [5.74, 6) is -1.60. The Bertz CT molecular complexity index is 539. The number of rotatable bonds is 3. The molecule has 1 amide bonds. The van der Waals surface area contributed by atoms with Crippen molar-refractivity contribution < 1.29 is 13.6 Å². The second-order valence-corrected chi connectivity index (χ2v) is 5.84. The molecule has 1 heterocycles. The molecule has 0 aliphatic carbocycles. The summed E-state index contributed by atoms with van der Waals surface area (Å²) in [6, 6.07) is 1.56. The third-order valence-electron chi connectivity index (χ3n) is 4.18. The van der Waals surface area contributed by atoms with Crippen molar-refractivity contribution in [3.63, 3.8) is 0 Å².